The molecule has 0 spiro atoms. The summed E-state index contributed by atoms with van der Waals surface area (Å²) in [5, 5.41) is 21.7. The molecule has 4 aromatic rings. The van der Waals surface area contributed by atoms with Crippen LogP contribution in [0.2, 0.25) is 0 Å². The number of hydrogen-bond acceptors (Lipinski definition) is 6. The lowest BCUT2D eigenvalue weighted by Crippen LogP contribution is -2.58. The van der Waals surface area contributed by atoms with E-state index in [1.165, 1.54) is 17.0 Å². The molecule has 4 atom stereocenters. The second-order valence-electron chi connectivity index (χ2n) is 12.3. The second-order valence-corrected chi connectivity index (χ2v) is 12.3. The average molecular weight is 651 g/mol. The summed E-state index contributed by atoms with van der Waals surface area (Å²) in [7, 11) is 0. The fraction of sp³-hybridized carbons (Fsp3) is 0.306. The van der Waals surface area contributed by atoms with Gasteiger partial charge < -0.3 is 36.3 Å². The van der Waals surface area contributed by atoms with E-state index in [0.717, 1.165) is 22.0 Å². The Balaban J connectivity index is 1.33. The van der Waals surface area contributed by atoms with Crippen LogP contribution < -0.4 is 21.3 Å². The number of rotatable bonds is 6. The zero-order valence-electron chi connectivity index (χ0n) is 26.3. The molecule has 6 rings (SSSR count). The Morgan fingerprint density at radius 2 is 1.35 bits per heavy atom. The van der Waals surface area contributed by atoms with Crippen molar-refractivity contribution >= 4 is 40.4 Å². The Morgan fingerprint density at radius 1 is 0.688 bits per heavy atom. The Bertz CT molecular complexity index is 1810. The first-order valence-electron chi connectivity index (χ1n) is 16.1. The van der Waals surface area contributed by atoms with E-state index >= 15 is 0 Å². The third kappa shape index (κ3) is 7.49. The number of hydrogen-bond donors (Lipinski definition) is 6. The molecule has 48 heavy (non-hydrogen) atoms. The lowest BCUT2D eigenvalue weighted by Gasteiger charge is -2.30. The second kappa shape index (κ2) is 14.4. The summed E-state index contributed by atoms with van der Waals surface area (Å²) in [6.07, 6.45) is 3.12. The predicted octanol–water partition coefficient (Wildman–Crippen LogP) is 1.48. The molecule has 0 aliphatic carbocycles. The summed E-state index contributed by atoms with van der Waals surface area (Å²) >= 11 is 0. The van der Waals surface area contributed by atoms with Gasteiger partial charge in [0.2, 0.25) is 29.5 Å². The third-order valence-corrected chi connectivity index (χ3v) is 8.92. The zero-order chi connectivity index (χ0) is 33.6. The van der Waals surface area contributed by atoms with Crippen LogP contribution >= 0.6 is 0 Å². The van der Waals surface area contributed by atoms with E-state index in [1.54, 1.807) is 18.3 Å². The molecule has 12 nitrogen and oxygen atoms in total. The van der Waals surface area contributed by atoms with Gasteiger partial charge in [-0.15, -0.1) is 0 Å². The highest BCUT2D eigenvalue weighted by Gasteiger charge is 2.39. The minimum Gasteiger partial charge on any atom is -0.508 e. The first kappa shape index (κ1) is 32.3. The van der Waals surface area contributed by atoms with Crippen LogP contribution in [0.15, 0.2) is 85.1 Å². The van der Waals surface area contributed by atoms with Gasteiger partial charge in [0.25, 0.3) is 0 Å². The van der Waals surface area contributed by atoms with E-state index in [2.05, 4.69) is 26.3 Å². The number of aromatic hydroxyl groups is 1. The monoisotopic (exact) mass is 650 g/mol. The molecular weight excluding hydrogens is 612 g/mol. The molecule has 0 radical (unpaired) electrons. The molecular formula is C36H38N6O6. The smallest absolute Gasteiger partial charge is 0.246 e. The maximum Gasteiger partial charge on any atom is 0.246 e. The van der Waals surface area contributed by atoms with Crippen molar-refractivity contribution < 1.29 is 29.1 Å². The number of carbonyl (C=O) groups excluding carboxylic acids is 5. The Labute approximate surface area is 277 Å². The van der Waals surface area contributed by atoms with E-state index in [0.29, 0.717) is 24.9 Å². The van der Waals surface area contributed by atoms with E-state index in [-0.39, 0.29) is 25.0 Å². The van der Waals surface area contributed by atoms with Gasteiger partial charge in [-0.05, 0) is 47.7 Å². The van der Waals surface area contributed by atoms with Crippen LogP contribution in [0.1, 0.15) is 29.5 Å². The average Bonchev–Trinajstić information content (AvgIpc) is 3.75. The molecule has 0 bridgehead atoms. The molecule has 5 amide bonds. The number of benzene rings is 3. The van der Waals surface area contributed by atoms with Crippen molar-refractivity contribution in [1.82, 2.24) is 31.2 Å². The molecule has 1 aromatic heterocycles. The highest BCUT2D eigenvalue weighted by molar-refractivity contribution is 5.98. The van der Waals surface area contributed by atoms with Crippen molar-refractivity contribution in [2.24, 2.45) is 0 Å². The van der Waals surface area contributed by atoms with Gasteiger partial charge in [-0.25, -0.2) is 0 Å². The number of carbonyl (C=O) groups is 5. The maximum absolute atomic E-state index is 14.0. The van der Waals surface area contributed by atoms with E-state index in [1.807, 2.05) is 54.6 Å². The molecule has 6 N–H and O–H groups in total. The number of fused-ring (bicyclic) bond motifs is 2. The van der Waals surface area contributed by atoms with Crippen LogP contribution in [0, 0.1) is 0 Å². The fourth-order valence-corrected chi connectivity index (χ4v) is 6.44. The number of para-hydroxylation sites is 1. The molecule has 0 unspecified atom stereocenters. The molecule has 2 saturated heterocycles. The summed E-state index contributed by atoms with van der Waals surface area (Å²) in [4.78, 5) is 73.3. The first-order chi connectivity index (χ1) is 23.2. The summed E-state index contributed by atoms with van der Waals surface area (Å²) in [6, 6.07) is 19.1. The van der Waals surface area contributed by atoms with Gasteiger partial charge in [0.15, 0.2) is 0 Å². The summed E-state index contributed by atoms with van der Waals surface area (Å²) in [5.41, 5.74) is 3.15. The number of phenols is 1. The number of nitrogens with one attached hydrogen (secondary N) is 5. The molecule has 2 fully saturated rings. The van der Waals surface area contributed by atoms with Crippen molar-refractivity contribution in [2.75, 3.05) is 13.1 Å². The van der Waals surface area contributed by atoms with Crippen LogP contribution in [0.25, 0.3) is 10.9 Å². The van der Waals surface area contributed by atoms with Crippen LogP contribution in [-0.4, -0.2) is 81.8 Å². The zero-order valence-corrected chi connectivity index (χ0v) is 26.3. The fourth-order valence-electron chi connectivity index (χ4n) is 6.44. The summed E-state index contributed by atoms with van der Waals surface area (Å²) in [5.74, 6) is -2.63. The van der Waals surface area contributed by atoms with Gasteiger partial charge >= 0.3 is 0 Å². The van der Waals surface area contributed by atoms with Gasteiger partial charge in [-0.2, -0.15) is 0 Å². The minimum absolute atomic E-state index is 0.0607. The molecule has 2 aliphatic rings. The van der Waals surface area contributed by atoms with Gasteiger partial charge in [-0.3, -0.25) is 24.0 Å². The van der Waals surface area contributed by atoms with Gasteiger partial charge in [0.05, 0.1) is 6.54 Å². The van der Waals surface area contributed by atoms with E-state index in [4.69, 9.17) is 0 Å². The number of amides is 5. The van der Waals surface area contributed by atoms with Crippen molar-refractivity contribution in [3.05, 3.63) is 102 Å². The van der Waals surface area contributed by atoms with Crippen LogP contribution in [0.5, 0.6) is 5.75 Å². The van der Waals surface area contributed by atoms with Gasteiger partial charge in [-0.1, -0.05) is 60.7 Å². The van der Waals surface area contributed by atoms with Crippen LogP contribution in [0.3, 0.4) is 0 Å². The maximum atomic E-state index is 14.0. The highest BCUT2D eigenvalue weighted by Crippen LogP contribution is 2.23. The van der Waals surface area contributed by atoms with E-state index < -0.39 is 60.2 Å². The Morgan fingerprint density at radius 3 is 2.15 bits per heavy atom. The van der Waals surface area contributed by atoms with Crippen molar-refractivity contribution in [2.45, 2.75) is 56.3 Å². The summed E-state index contributed by atoms with van der Waals surface area (Å²) < 4.78 is 0. The first-order valence-corrected chi connectivity index (χ1v) is 16.1. The van der Waals surface area contributed by atoms with Crippen molar-refractivity contribution in [3.63, 3.8) is 0 Å². The SMILES string of the molecule is O=C1CNC(=O)[C@H](Cc2ccccc2)NC(=O)[C@@H](Cc2c[nH]c3ccccc23)NC(=O)[C@H]2CCCN2C(=O)[C@@H](Cc2ccc(O)cc2)N1. The lowest BCUT2D eigenvalue weighted by molar-refractivity contribution is -0.142. The number of aromatic amines is 1. The summed E-state index contributed by atoms with van der Waals surface area (Å²) in [6.45, 7) is -0.132. The third-order valence-electron chi connectivity index (χ3n) is 8.92. The molecule has 12 heteroatoms. The van der Waals surface area contributed by atoms with Gasteiger partial charge in [0, 0.05) is 42.9 Å². The number of nitrogens with zero attached hydrogens (tertiary/aromatic N) is 1. The quantitative estimate of drug-likeness (QED) is 0.185. The topological polar surface area (TPSA) is 173 Å². The molecule has 0 saturated carbocycles. The Kier molecular flexibility index (Phi) is 9.70. The van der Waals surface area contributed by atoms with Crippen LogP contribution in [0.4, 0.5) is 0 Å². The lowest BCUT2D eigenvalue weighted by atomic mass is 10.0. The normalized spacial score (nSPS) is 22.6. The molecule has 3 aromatic carbocycles. The number of H-pyrrole nitrogens is 1. The largest absolute Gasteiger partial charge is 0.508 e. The van der Waals surface area contributed by atoms with Crippen molar-refractivity contribution in [1.29, 1.82) is 0 Å². The van der Waals surface area contributed by atoms with E-state index in [9.17, 15) is 29.1 Å². The molecule has 2 aliphatic heterocycles. The number of aromatic nitrogens is 1. The number of phenolic OH excluding ortho intramolecular Hbond substituents is 1. The van der Waals surface area contributed by atoms with Gasteiger partial charge in [0.1, 0.15) is 29.9 Å². The predicted molar refractivity (Wildman–Crippen MR) is 177 cm³/mol. The van der Waals surface area contributed by atoms with Crippen LogP contribution in [-0.2, 0) is 43.2 Å². The standard InChI is InChI=1S/C36H38N6O6/c43-25-14-12-23(13-15-25)18-30-36(48)42-16-6-11-31(42)35(47)41-29(19-24-20-37-27-10-5-4-9-26(24)27)34(46)40-28(17-22-7-2-1-3-8-22)33(45)38-21-32(44)39-30/h1-5,7-10,12-15,20,28-31,37,43H,6,11,16-19,21H2,(H,38,45)(H,39,44)(H,40,46)(H,41,47)/t28-,29+,30+,31+/m0/s1. The van der Waals surface area contributed by atoms with Crippen molar-refractivity contribution in [3.8, 4) is 5.75 Å². The molecule has 248 valence electrons. The minimum atomic E-state index is -1.07. The highest BCUT2D eigenvalue weighted by atomic mass is 16.3. The molecule has 3 heterocycles. The Hall–Kier alpha value is -5.65.